The van der Waals surface area contributed by atoms with E-state index in [1.807, 2.05) is 0 Å². The standard InChI is InChI=1S/C13H23NO2/c1-9(2)13(7-6-12(15)14-13)8-11-5-4-10(3)16-11/h9-11H,4-8H2,1-3H3,(H,14,15). The minimum atomic E-state index is -0.00812. The van der Waals surface area contributed by atoms with E-state index in [1.165, 1.54) is 0 Å². The molecule has 0 aromatic carbocycles. The molecule has 2 aliphatic rings. The molecule has 0 aromatic heterocycles. The Balaban J connectivity index is 2.01. The van der Waals surface area contributed by atoms with E-state index in [2.05, 4.69) is 26.1 Å². The molecule has 2 heterocycles. The Kier molecular flexibility index (Phi) is 3.24. The van der Waals surface area contributed by atoms with Crippen molar-refractivity contribution in [1.29, 1.82) is 0 Å². The summed E-state index contributed by atoms with van der Waals surface area (Å²) in [4.78, 5) is 11.4. The number of carbonyl (C=O) groups is 1. The Morgan fingerprint density at radius 2 is 2.25 bits per heavy atom. The minimum absolute atomic E-state index is 0.00812. The average Bonchev–Trinajstić information content (AvgIpc) is 2.75. The Morgan fingerprint density at radius 3 is 2.69 bits per heavy atom. The highest BCUT2D eigenvalue weighted by Crippen LogP contribution is 2.36. The SMILES string of the molecule is CC1CCC(CC2(C(C)C)CCC(=O)N2)O1. The molecule has 3 atom stereocenters. The van der Waals surface area contributed by atoms with Crippen molar-refractivity contribution in [3.63, 3.8) is 0 Å². The summed E-state index contributed by atoms with van der Waals surface area (Å²) in [5.74, 6) is 0.693. The normalized spacial score (nSPS) is 39.4. The summed E-state index contributed by atoms with van der Waals surface area (Å²) in [5, 5.41) is 3.19. The highest BCUT2D eigenvalue weighted by Gasteiger charge is 2.43. The zero-order valence-corrected chi connectivity index (χ0v) is 10.6. The van der Waals surface area contributed by atoms with Gasteiger partial charge in [0.1, 0.15) is 0 Å². The van der Waals surface area contributed by atoms with E-state index in [1.54, 1.807) is 0 Å². The van der Waals surface area contributed by atoms with E-state index in [9.17, 15) is 4.79 Å². The van der Waals surface area contributed by atoms with Crippen molar-refractivity contribution >= 4 is 5.91 Å². The van der Waals surface area contributed by atoms with Gasteiger partial charge in [0, 0.05) is 12.0 Å². The number of nitrogens with one attached hydrogen (secondary N) is 1. The van der Waals surface area contributed by atoms with Crippen LogP contribution in [0.15, 0.2) is 0 Å². The lowest BCUT2D eigenvalue weighted by molar-refractivity contribution is -0.120. The lowest BCUT2D eigenvalue weighted by atomic mass is 9.80. The van der Waals surface area contributed by atoms with Gasteiger partial charge in [-0.15, -0.1) is 0 Å². The smallest absolute Gasteiger partial charge is 0.220 e. The highest BCUT2D eigenvalue weighted by atomic mass is 16.5. The van der Waals surface area contributed by atoms with Crippen LogP contribution >= 0.6 is 0 Å². The summed E-state index contributed by atoms with van der Waals surface area (Å²) < 4.78 is 5.88. The molecule has 0 spiro atoms. The van der Waals surface area contributed by atoms with Gasteiger partial charge in [-0.1, -0.05) is 13.8 Å². The van der Waals surface area contributed by atoms with Crippen molar-refractivity contribution in [3.05, 3.63) is 0 Å². The summed E-state index contributed by atoms with van der Waals surface area (Å²) in [6.07, 6.45) is 5.68. The third-order valence-corrected chi connectivity index (χ3v) is 4.20. The fourth-order valence-electron chi connectivity index (χ4n) is 3.00. The van der Waals surface area contributed by atoms with Gasteiger partial charge in [0.15, 0.2) is 0 Å². The van der Waals surface area contributed by atoms with Crippen molar-refractivity contribution in [2.45, 2.75) is 70.6 Å². The van der Waals surface area contributed by atoms with Crippen LogP contribution in [0, 0.1) is 5.92 Å². The molecule has 2 fully saturated rings. The van der Waals surface area contributed by atoms with Gasteiger partial charge in [0.2, 0.25) is 5.91 Å². The number of ether oxygens (including phenoxy) is 1. The fraction of sp³-hybridized carbons (Fsp3) is 0.923. The van der Waals surface area contributed by atoms with Crippen LogP contribution in [0.3, 0.4) is 0 Å². The predicted molar refractivity (Wildman–Crippen MR) is 63.1 cm³/mol. The molecule has 0 saturated carbocycles. The van der Waals surface area contributed by atoms with E-state index in [0.717, 1.165) is 25.7 Å². The van der Waals surface area contributed by atoms with Gasteiger partial charge in [-0.05, 0) is 38.5 Å². The van der Waals surface area contributed by atoms with Gasteiger partial charge < -0.3 is 10.1 Å². The molecule has 1 N–H and O–H groups in total. The largest absolute Gasteiger partial charge is 0.375 e. The maximum absolute atomic E-state index is 11.4. The molecule has 2 aliphatic heterocycles. The number of amides is 1. The van der Waals surface area contributed by atoms with Gasteiger partial charge in [-0.25, -0.2) is 0 Å². The van der Waals surface area contributed by atoms with Crippen molar-refractivity contribution < 1.29 is 9.53 Å². The molecule has 92 valence electrons. The molecule has 0 aliphatic carbocycles. The van der Waals surface area contributed by atoms with Crippen LogP contribution < -0.4 is 5.32 Å². The quantitative estimate of drug-likeness (QED) is 0.800. The molecule has 0 aromatic rings. The summed E-state index contributed by atoms with van der Waals surface area (Å²) in [6.45, 7) is 6.53. The van der Waals surface area contributed by atoms with Gasteiger partial charge in [-0.3, -0.25) is 4.79 Å². The molecule has 2 rings (SSSR count). The molecule has 3 nitrogen and oxygen atoms in total. The first-order valence-corrected chi connectivity index (χ1v) is 6.48. The third kappa shape index (κ3) is 2.24. The lowest BCUT2D eigenvalue weighted by Gasteiger charge is -2.35. The van der Waals surface area contributed by atoms with Crippen molar-refractivity contribution in [2.75, 3.05) is 0 Å². The van der Waals surface area contributed by atoms with Gasteiger partial charge in [-0.2, -0.15) is 0 Å². The van der Waals surface area contributed by atoms with Crippen LogP contribution in [0.25, 0.3) is 0 Å². The number of hydrogen-bond acceptors (Lipinski definition) is 2. The molecule has 0 radical (unpaired) electrons. The monoisotopic (exact) mass is 225 g/mol. The second-order valence-corrected chi connectivity index (χ2v) is 5.71. The summed E-state index contributed by atoms with van der Waals surface area (Å²) in [6, 6.07) is 0. The minimum Gasteiger partial charge on any atom is -0.375 e. The molecule has 16 heavy (non-hydrogen) atoms. The topological polar surface area (TPSA) is 38.3 Å². The number of hydrogen-bond donors (Lipinski definition) is 1. The first kappa shape index (κ1) is 11.9. The van der Waals surface area contributed by atoms with Crippen LogP contribution in [-0.4, -0.2) is 23.7 Å². The highest BCUT2D eigenvalue weighted by molar-refractivity contribution is 5.79. The molecule has 0 bridgehead atoms. The van der Waals surface area contributed by atoms with Crippen LogP contribution in [0.2, 0.25) is 0 Å². The maximum atomic E-state index is 11.4. The Hall–Kier alpha value is -0.570. The Morgan fingerprint density at radius 1 is 1.50 bits per heavy atom. The Bertz CT molecular complexity index is 277. The summed E-state index contributed by atoms with van der Waals surface area (Å²) in [5.41, 5.74) is -0.00812. The zero-order chi connectivity index (χ0) is 11.8. The van der Waals surface area contributed by atoms with Gasteiger partial charge >= 0.3 is 0 Å². The fourth-order valence-corrected chi connectivity index (χ4v) is 3.00. The van der Waals surface area contributed by atoms with Crippen LogP contribution in [0.5, 0.6) is 0 Å². The second kappa shape index (κ2) is 4.36. The molecule has 3 unspecified atom stereocenters. The van der Waals surface area contributed by atoms with E-state index >= 15 is 0 Å². The average molecular weight is 225 g/mol. The van der Waals surface area contributed by atoms with E-state index in [4.69, 9.17) is 4.74 Å². The molecule has 3 heteroatoms. The first-order chi connectivity index (χ1) is 7.52. The number of rotatable bonds is 3. The van der Waals surface area contributed by atoms with Crippen LogP contribution in [0.1, 0.15) is 52.9 Å². The van der Waals surface area contributed by atoms with Crippen molar-refractivity contribution in [3.8, 4) is 0 Å². The predicted octanol–water partition coefficient (Wildman–Crippen LogP) is 2.25. The number of carbonyl (C=O) groups excluding carboxylic acids is 1. The first-order valence-electron chi connectivity index (χ1n) is 6.48. The van der Waals surface area contributed by atoms with Gasteiger partial charge in [0.25, 0.3) is 0 Å². The Labute approximate surface area is 97.9 Å². The van der Waals surface area contributed by atoms with Crippen LogP contribution in [0.4, 0.5) is 0 Å². The molecule has 2 saturated heterocycles. The van der Waals surface area contributed by atoms with E-state index in [0.29, 0.717) is 24.5 Å². The van der Waals surface area contributed by atoms with E-state index < -0.39 is 0 Å². The molecular weight excluding hydrogens is 202 g/mol. The van der Waals surface area contributed by atoms with Crippen molar-refractivity contribution in [1.82, 2.24) is 5.32 Å². The third-order valence-electron chi connectivity index (χ3n) is 4.20. The maximum Gasteiger partial charge on any atom is 0.220 e. The summed E-state index contributed by atoms with van der Waals surface area (Å²) in [7, 11) is 0. The van der Waals surface area contributed by atoms with Crippen LogP contribution in [-0.2, 0) is 9.53 Å². The lowest BCUT2D eigenvalue weighted by Crippen LogP contribution is -2.48. The summed E-state index contributed by atoms with van der Waals surface area (Å²) >= 11 is 0. The zero-order valence-electron chi connectivity index (χ0n) is 10.6. The van der Waals surface area contributed by atoms with Gasteiger partial charge in [0.05, 0.1) is 12.2 Å². The van der Waals surface area contributed by atoms with Crippen molar-refractivity contribution in [2.24, 2.45) is 5.92 Å². The second-order valence-electron chi connectivity index (χ2n) is 5.71. The van der Waals surface area contributed by atoms with E-state index in [-0.39, 0.29) is 11.4 Å². The molecular formula is C13H23NO2. The molecule has 1 amide bonds.